The number of carbonyl (C=O) groups is 1. The zero-order valence-electron chi connectivity index (χ0n) is 11.8. The lowest BCUT2D eigenvalue weighted by Crippen LogP contribution is -2.42. The highest BCUT2D eigenvalue weighted by atomic mass is 19.4. The third-order valence-corrected chi connectivity index (χ3v) is 3.51. The van der Waals surface area contributed by atoms with Crippen LogP contribution in [-0.2, 0) is 6.18 Å². The van der Waals surface area contributed by atoms with Crippen LogP contribution in [0.15, 0.2) is 18.3 Å². The molecule has 1 aromatic heterocycles. The van der Waals surface area contributed by atoms with Crippen LogP contribution in [0, 0.1) is 0 Å². The van der Waals surface area contributed by atoms with E-state index in [1.54, 1.807) is 4.90 Å². The summed E-state index contributed by atoms with van der Waals surface area (Å²) >= 11 is 0. The molecule has 2 rings (SSSR count). The summed E-state index contributed by atoms with van der Waals surface area (Å²) in [5, 5.41) is 3.18. The second kappa shape index (κ2) is 6.43. The first-order chi connectivity index (χ1) is 9.93. The summed E-state index contributed by atoms with van der Waals surface area (Å²) in [6.45, 7) is 4.10. The number of alkyl halides is 3. The van der Waals surface area contributed by atoms with Crippen molar-refractivity contribution in [3.8, 4) is 0 Å². The van der Waals surface area contributed by atoms with Crippen molar-refractivity contribution >= 4 is 5.91 Å². The van der Waals surface area contributed by atoms with E-state index in [9.17, 15) is 18.0 Å². The number of nitrogens with one attached hydrogen (secondary N) is 1. The second-order valence-electron chi connectivity index (χ2n) is 5.08. The van der Waals surface area contributed by atoms with E-state index in [4.69, 9.17) is 0 Å². The van der Waals surface area contributed by atoms with Crippen molar-refractivity contribution in [3.05, 3.63) is 29.6 Å². The molecule has 1 fully saturated rings. The van der Waals surface area contributed by atoms with Crippen LogP contribution in [0.3, 0.4) is 0 Å². The summed E-state index contributed by atoms with van der Waals surface area (Å²) in [5.74, 6) is -0.306. The van der Waals surface area contributed by atoms with E-state index in [0.717, 1.165) is 31.5 Å². The topological polar surface area (TPSA) is 45.2 Å². The highest BCUT2D eigenvalue weighted by Gasteiger charge is 2.32. The Labute approximate surface area is 121 Å². The van der Waals surface area contributed by atoms with E-state index < -0.39 is 11.7 Å². The molecule has 1 unspecified atom stereocenters. The molecule has 116 valence electrons. The van der Waals surface area contributed by atoms with Gasteiger partial charge in [0, 0.05) is 25.3 Å². The molecule has 0 aliphatic carbocycles. The van der Waals surface area contributed by atoms with Gasteiger partial charge in [-0.25, -0.2) is 0 Å². The van der Waals surface area contributed by atoms with Crippen molar-refractivity contribution < 1.29 is 18.0 Å². The van der Waals surface area contributed by atoms with Crippen molar-refractivity contribution in [1.29, 1.82) is 0 Å². The highest BCUT2D eigenvalue weighted by Crippen LogP contribution is 2.28. The Morgan fingerprint density at radius 1 is 1.48 bits per heavy atom. The Balaban J connectivity index is 2.16. The average Bonchev–Trinajstić information content (AvgIpc) is 2.97. The highest BCUT2D eigenvalue weighted by molar-refractivity contribution is 5.92. The molecule has 2 heterocycles. The molecule has 0 radical (unpaired) electrons. The number of nitrogens with zero attached hydrogens (tertiary/aromatic N) is 2. The van der Waals surface area contributed by atoms with Crippen molar-refractivity contribution in [2.45, 2.75) is 32.0 Å². The Morgan fingerprint density at radius 2 is 2.24 bits per heavy atom. The summed E-state index contributed by atoms with van der Waals surface area (Å²) in [4.78, 5) is 17.8. The largest absolute Gasteiger partial charge is 0.417 e. The van der Waals surface area contributed by atoms with Crippen molar-refractivity contribution in [2.75, 3.05) is 19.6 Å². The van der Waals surface area contributed by atoms with Crippen molar-refractivity contribution in [3.63, 3.8) is 0 Å². The van der Waals surface area contributed by atoms with Gasteiger partial charge in [-0.1, -0.05) is 6.92 Å². The van der Waals surface area contributed by atoms with Gasteiger partial charge in [-0.05, 0) is 31.5 Å². The number of hydrogen-bond donors (Lipinski definition) is 1. The van der Waals surface area contributed by atoms with E-state index in [0.29, 0.717) is 19.3 Å². The van der Waals surface area contributed by atoms with Gasteiger partial charge in [-0.15, -0.1) is 0 Å². The molecule has 1 aromatic rings. The van der Waals surface area contributed by atoms with E-state index in [2.05, 4.69) is 10.3 Å². The number of aromatic nitrogens is 1. The number of rotatable bonds is 4. The Kier molecular flexibility index (Phi) is 4.82. The minimum Gasteiger partial charge on any atom is -0.333 e. The first-order valence-electron chi connectivity index (χ1n) is 6.98. The minimum atomic E-state index is -4.44. The van der Waals surface area contributed by atoms with Crippen molar-refractivity contribution in [1.82, 2.24) is 15.2 Å². The fourth-order valence-electron chi connectivity index (χ4n) is 2.43. The lowest BCUT2D eigenvalue weighted by Gasteiger charge is -2.28. The molecule has 7 heteroatoms. The molecule has 0 aromatic carbocycles. The second-order valence-corrected chi connectivity index (χ2v) is 5.08. The van der Waals surface area contributed by atoms with E-state index in [1.807, 2.05) is 6.92 Å². The molecule has 0 saturated carbocycles. The summed E-state index contributed by atoms with van der Waals surface area (Å²) in [7, 11) is 0. The van der Waals surface area contributed by atoms with Crippen LogP contribution in [0.2, 0.25) is 0 Å². The standard InChI is InChI=1S/C14H18F3N3O/c1-2-7-20(11-5-6-18-9-11)13(21)12-4-3-10(8-19-12)14(15,16)17/h3-4,8,11,18H,2,5-7,9H2,1H3. The Morgan fingerprint density at radius 3 is 2.71 bits per heavy atom. The lowest BCUT2D eigenvalue weighted by molar-refractivity contribution is -0.137. The zero-order valence-corrected chi connectivity index (χ0v) is 11.8. The predicted octanol–water partition coefficient (Wildman–Crippen LogP) is 2.31. The average molecular weight is 301 g/mol. The molecule has 1 amide bonds. The zero-order chi connectivity index (χ0) is 15.5. The van der Waals surface area contributed by atoms with Gasteiger partial charge in [0.2, 0.25) is 0 Å². The molecule has 0 bridgehead atoms. The summed E-state index contributed by atoms with van der Waals surface area (Å²) in [6.07, 6.45) is -2.08. The van der Waals surface area contributed by atoms with Gasteiger partial charge in [0.05, 0.1) is 5.56 Å². The number of halogens is 3. The quantitative estimate of drug-likeness (QED) is 0.928. The summed E-state index contributed by atoms with van der Waals surface area (Å²) in [5.41, 5.74) is -0.785. The molecule has 0 spiro atoms. The number of pyridine rings is 1. The predicted molar refractivity (Wildman–Crippen MR) is 71.8 cm³/mol. The molecule has 1 atom stereocenters. The van der Waals surface area contributed by atoms with Gasteiger partial charge in [-0.2, -0.15) is 13.2 Å². The fourth-order valence-corrected chi connectivity index (χ4v) is 2.43. The van der Waals surface area contributed by atoms with Crippen LogP contribution >= 0.6 is 0 Å². The van der Waals surface area contributed by atoms with Crippen LogP contribution in [0.25, 0.3) is 0 Å². The summed E-state index contributed by atoms with van der Waals surface area (Å²) in [6, 6.07) is 2.13. The monoisotopic (exact) mass is 301 g/mol. The number of carbonyl (C=O) groups excluding carboxylic acids is 1. The molecule has 1 aliphatic rings. The number of amides is 1. The van der Waals surface area contributed by atoms with E-state index in [1.165, 1.54) is 0 Å². The van der Waals surface area contributed by atoms with E-state index >= 15 is 0 Å². The molecular weight excluding hydrogens is 283 g/mol. The SMILES string of the molecule is CCCN(C(=O)c1ccc(C(F)(F)F)cn1)C1CCNC1. The molecular formula is C14H18F3N3O. The molecule has 1 N–H and O–H groups in total. The van der Waals surface area contributed by atoms with Crippen LogP contribution in [0.5, 0.6) is 0 Å². The van der Waals surface area contributed by atoms with Gasteiger partial charge in [0.15, 0.2) is 0 Å². The summed E-state index contributed by atoms with van der Waals surface area (Å²) < 4.78 is 37.5. The molecule has 1 aliphatic heterocycles. The Bertz CT molecular complexity index is 481. The lowest BCUT2D eigenvalue weighted by atomic mass is 10.1. The molecule has 21 heavy (non-hydrogen) atoms. The van der Waals surface area contributed by atoms with Crippen LogP contribution in [0.4, 0.5) is 13.2 Å². The van der Waals surface area contributed by atoms with Crippen LogP contribution in [0.1, 0.15) is 35.8 Å². The molecule has 1 saturated heterocycles. The van der Waals surface area contributed by atoms with Gasteiger partial charge in [0.1, 0.15) is 5.69 Å². The molecule has 4 nitrogen and oxygen atoms in total. The maximum atomic E-state index is 12.5. The maximum absolute atomic E-state index is 12.5. The smallest absolute Gasteiger partial charge is 0.333 e. The number of hydrogen-bond acceptors (Lipinski definition) is 3. The first kappa shape index (κ1) is 15.8. The third kappa shape index (κ3) is 3.72. The van der Waals surface area contributed by atoms with Gasteiger partial charge in [0.25, 0.3) is 5.91 Å². The van der Waals surface area contributed by atoms with Crippen LogP contribution < -0.4 is 5.32 Å². The first-order valence-corrected chi connectivity index (χ1v) is 6.98. The normalized spacial score (nSPS) is 18.8. The van der Waals surface area contributed by atoms with E-state index in [-0.39, 0.29) is 17.6 Å². The fraction of sp³-hybridized carbons (Fsp3) is 0.571. The maximum Gasteiger partial charge on any atom is 0.417 e. The third-order valence-electron chi connectivity index (χ3n) is 3.51. The van der Waals surface area contributed by atoms with Gasteiger partial charge < -0.3 is 10.2 Å². The minimum absolute atomic E-state index is 0.0587. The van der Waals surface area contributed by atoms with Gasteiger partial charge >= 0.3 is 6.18 Å². The van der Waals surface area contributed by atoms with Crippen molar-refractivity contribution in [2.24, 2.45) is 0 Å². The van der Waals surface area contributed by atoms with Crippen LogP contribution in [-0.4, -0.2) is 41.5 Å². The Hall–Kier alpha value is -1.63. The van der Waals surface area contributed by atoms with Gasteiger partial charge in [-0.3, -0.25) is 9.78 Å².